The molecule has 2 atom stereocenters. The first kappa shape index (κ1) is 21.7. The smallest absolute Gasteiger partial charge is 0.343 e. The SMILES string of the molecule is Cc1ccc(C2=NN3C(C2)c2cc(Br)ccc2OC3c2ccc(OC(=O)c3ccccc3)cc2)o1. The lowest BCUT2D eigenvalue weighted by atomic mass is 9.97. The van der Waals surface area contributed by atoms with Crippen LogP contribution in [0.15, 0.2) is 98.9 Å². The lowest BCUT2D eigenvalue weighted by molar-refractivity contribution is -0.0191. The number of furan rings is 1. The molecule has 2 aliphatic rings. The van der Waals surface area contributed by atoms with Gasteiger partial charge in [0, 0.05) is 22.0 Å². The van der Waals surface area contributed by atoms with Gasteiger partial charge in [-0.15, -0.1) is 0 Å². The fourth-order valence-electron chi connectivity index (χ4n) is 4.46. The summed E-state index contributed by atoms with van der Waals surface area (Å²) >= 11 is 3.58. The van der Waals surface area contributed by atoms with Crippen LogP contribution in [0.25, 0.3) is 0 Å². The second kappa shape index (κ2) is 8.74. The molecule has 7 heteroatoms. The van der Waals surface area contributed by atoms with E-state index < -0.39 is 12.2 Å². The Bertz CT molecular complexity index is 1430. The zero-order valence-electron chi connectivity index (χ0n) is 18.9. The molecule has 2 aliphatic heterocycles. The molecule has 35 heavy (non-hydrogen) atoms. The highest BCUT2D eigenvalue weighted by atomic mass is 79.9. The van der Waals surface area contributed by atoms with E-state index in [4.69, 9.17) is 19.0 Å². The highest BCUT2D eigenvalue weighted by Crippen LogP contribution is 2.48. The number of hydrogen-bond donors (Lipinski definition) is 0. The van der Waals surface area contributed by atoms with Crippen LogP contribution in [0.1, 0.15) is 51.7 Å². The molecular weight excluding hydrogens is 508 g/mol. The number of esters is 1. The number of fused-ring (bicyclic) bond motifs is 3. The van der Waals surface area contributed by atoms with Gasteiger partial charge in [0.25, 0.3) is 0 Å². The van der Waals surface area contributed by atoms with Crippen molar-refractivity contribution in [2.75, 3.05) is 0 Å². The molecule has 0 saturated heterocycles. The van der Waals surface area contributed by atoms with E-state index in [0.29, 0.717) is 17.7 Å². The molecule has 0 spiro atoms. The van der Waals surface area contributed by atoms with Gasteiger partial charge in [-0.05, 0) is 73.7 Å². The minimum Gasteiger partial charge on any atom is -0.464 e. The Morgan fingerprint density at radius 2 is 1.83 bits per heavy atom. The van der Waals surface area contributed by atoms with Crippen molar-refractivity contribution in [3.8, 4) is 11.5 Å². The van der Waals surface area contributed by atoms with Crippen molar-refractivity contribution >= 4 is 27.6 Å². The third kappa shape index (κ3) is 4.12. The molecule has 3 heterocycles. The molecule has 4 aromatic rings. The average molecular weight is 529 g/mol. The maximum absolute atomic E-state index is 12.4. The van der Waals surface area contributed by atoms with E-state index in [0.717, 1.165) is 38.6 Å². The monoisotopic (exact) mass is 528 g/mol. The van der Waals surface area contributed by atoms with Crippen molar-refractivity contribution in [2.24, 2.45) is 5.10 Å². The molecule has 6 rings (SSSR count). The van der Waals surface area contributed by atoms with Crippen molar-refractivity contribution < 1.29 is 18.7 Å². The fraction of sp³-hybridized carbons (Fsp3) is 0.143. The Labute approximate surface area is 210 Å². The van der Waals surface area contributed by atoms with Crippen LogP contribution < -0.4 is 9.47 Å². The molecule has 0 aliphatic carbocycles. The van der Waals surface area contributed by atoms with Gasteiger partial charge in [0.15, 0.2) is 0 Å². The number of ether oxygens (including phenoxy) is 2. The van der Waals surface area contributed by atoms with Gasteiger partial charge in [0.05, 0.1) is 11.6 Å². The lowest BCUT2D eigenvalue weighted by Crippen LogP contribution is -2.33. The van der Waals surface area contributed by atoms with Crippen LogP contribution in [0, 0.1) is 6.92 Å². The Morgan fingerprint density at radius 1 is 1.03 bits per heavy atom. The number of carbonyl (C=O) groups excluding carboxylic acids is 1. The largest absolute Gasteiger partial charge is 0.464 e. The van der Waals surface area contributed by atoms with Crippen LogP contribution in [0.4, 0.5) is 0 Å². The number of carbonyl (C=O) groups is 1. The lowest BCUT2D eigenvalue weighted by Gasteiger charge is -2.38. The van der Waals surface area contributed by atoms with E-state index in [1.807, 2.05) is 66.5 Å². The summed E-state index contributed by atoms with van der Waals surface area (Å²) in [7, 11) is 0. The minimum absolute atomic E-state index is 0.0113. The second-order valence-corrected chi connectivity index (χ2v) is 9.45. The van der Waals surface area contributed by atoms with Crippen molar-refractivity contribution in [1.82, 2.24) is 5.01 Å². The highest BCUT2D eigenvalue weighted by Gasteiger charge is 2.41. The first-order valence-electron chi connectivity index (χ1n) is 11.3. The predicted molar refractivity (Wildman–Crippen MR) is 135 cm³/mol. The van der Waals surface area contributed by atoms with Gasteiger partial charge in [-0.1, -0.05) is 34.1 Å². The molecule has 174 valence electrons. The Hall–Kier alpha value is -3.84. The number of halogens is 1. The second-order valence-electron chi connectivity index (χ2n) is 8.53. The number of hydrazone groups is 1. The fourth-order valence-corrected chi connectivity index (χ4v) is 4.84. The van der Waals surface area contributed by atoms with Gasteiger partial charge in [0.1, 0.15) is 28.7 Å². The molecule has 6 nitrogen and oxygen atoms in total. The van der Waals surface area contributed by atoms with E-state index in [9.17, 15) is 4.79 Å². The molecule has 0 bridgehead atoms. The Balaban J connectivity index is 1.30. The topological polar surface area (TPSA) is 64.3 Å². The summed E-state index contributed by atoms with van der Waals surface area (Å²) in [6, 6.07) is 26.3. The van der Waals surface area contributed by atoms with Gasteiger partial charge in [-0.25, -0.2) is 9.80 Å². The standard InChI is InChI=1S/C28H21BrN2O4/c1-17-7-13-26(33-17)23-16-24-22-15-20(29)10-14-25(22)35-27(31(24)30-23)18-8-11-21(12-9-18)34-28(32)19-5-3-2-4-6-19/h2-15,24,27H,16H2,1H3. The van der Waals surface area contributed by atoms with Crippen LogP contribution >= 0.6 is 15.9 Å². The molecule has 2 unspecified atom stereocenters. The summed E-state index contributed by atoms with van der Waals surface area (Å²) in [5, 5.41) is 6.91. The third-order valence-corrected chi connectivity index (χ3v) is 6.66. The van der Waals surface area contributed by atoms with E-state index >= 15 is 0 Å². The summed E-state index contributed by atoms with van der Waals surface area (Å²) in [5.41, 5.74) is 3.37. The molecular formula is C28H21BrN2O4. The first-order chi connectivity index (χ1) is 17.0. The van der Waals surface area contributed by atoms with Crippen molar-refractivity contribution in [3.63, 3.8) is 0 Å². The summed E-state index contributed by atoms with van der Waals surface area (Å²) in [5.74, 6) is 2.52. The van der Waals surface area contributed by atoms with Crippen LogP contribution in [-0.4, -0.2) is 16.7 Å². The quantitative estimate of drug-likeness (QED) is 0.215. The summed E-state index contributed by atoms with van der Waals surface area (Å²) in [6.45, 7) is 1.93. The van der Waals surface area contributed by atoms with E-state index in [-0.39, 0.29) is 6.04 Å². The number of aryl methyl sites for hydroxylation is 1. The van der Waals surface area contributed by atoms with E-state index in [1.165, 1.54) is 0 Å². The highest BCUT2D eigenvalue weighted by molar-refractivity contribution is 9.10. The average Bonchev–Trinajstić information content (AvgIpc) is 3.51. The van der Waals surface area contributed by atoms with Crippen molar-refractivity contribution in [3.05, 3.63) is 118 Å². The van der Waals surface area contributed by atoms with Crippen LogP contribution in [-0.2, 0) is 0 Å². The number of hydrogen-bond acceptors (Lipinski definition) is 6. The zero-order valence-corrected chi connectivity index (χ0v) is 20.4. The zero-order chi connectivity index (χ0) is 23.9. The summed E-state index contributed by atoms with van der Waals surface area (Å²) < 4.78 is 18.8. The first-order valence-corrected chi connectivity index (χ1v) is 12.1. The van der Waals surface area contributed by atoms with Gasteiger partial charge < -0.3 is 13.9 Å². The molecule has 0 N–H and O–H groups in total. The molecule has 0 saturated carbocycles. The summed E-state index contributed by atoms with van der Waals surface area (Å²) in [6.07, 6.45) is 0.282. The van der Waals surface area contributed by atoms with Gasteiger partial charge >= 0.3 is 5.97 Å². The predicted octanol–water partition coefficient (Wildman–Crippen LogP) is 6.81. The van der Waals surface area contributed by atoms with Gasteiger partial charge in [-0.2, -0.15) is 5.10 Å². The van der Waals surface area contributed by atoms with Gasteiger partial charge in [0.2, 0.25) is 6.23 Å². The number of benzene rings is 3. The summed E-state index contributed by atoms with van der Waals surface area (Å²) in [4.78, 5) is 12.4. The number of rotatable bonds is 4. The third-order valence-electron chi connectivity index (χ3n) is 6.16. The molecule has 0 fully saturated rings. The molecule has 3 aromatic carbocycles. The van der Waals surface area contributed by atoms with E-state index in [2.05, 4.69) is 22.0 Å². The van der Waals surface area contributed by atoms with Crippen molar-refractivity contribution in [2.45, 2.75) is 25.6 Å². The Kier molecular flexibility index (Phi) is 5.41. The molecule has 1 aromatic heterocycles. The van der Waals surface area contributed by atoms with Crippen molar-refractivity contribution in [1.29, 1.82) is 0 Å². The molecule has 0 radical (unpaired) electrons. The Morgan fingerprint density at radius 3 is 2.57 bits per heavy atom. The normalized spacial score (nSPS) is 18.3. The van der Waals surface area contributed by atoms with Crippen LogP contribution in [0.5, 0.6) is 11.5 Å². The number of nitrogens with zero attached hydrogens (tertiary/aromatic N) is 2. The maximum Gasteiger partial charge on any atom is 0.343 e. The van der Waals surface area contributed by atoms with Gasteiger partial charge in [-0.3, -0.25) is 0 Å². The minimum atomic E-state index is -0.430. The molecule has 0 amide bonds. The van der Waals surface area contributed by atoms with Crippen LogP contribution in [0.2, 0.25) is 0 Å². The maximum atomic E-state index is 12.4. The van der Waals surface area contributed by atoms with E-state index in [1.54, 1.807) is 24.3 Å². The van der Waals surface area contributed by atoms with Crippen LogP contribution in [0.3, 0.4) is 0 Å².